The van der Waals surface area contributed by atoms with E-state index in [1.807, 2.05) is 5.32 Å². The number of ketones is 1. The molecule has 0 saturated heterocycles. The maximum absolute atomic E-state index is 13.7. The average molecular weight is 514 g/mol. The molecule has 1 amide bonds. The fraction of sp³-hybridized carbons (Fsp3) is 0.304. The Kier molecular flexibility index (Phi) is 8.80. The van der Waals surface area contributed by atoms with Gasteiger partial charge in [0.2, 0.25) is 5.78 Å². The van der Waals surface area contributed by atoms with E-state index in [-0.39, 0.29) is 17.0 Å². The van der Waals surface area contributed by atoms with Gasteiger partial charge >= 0.3 is 11.8 Å². The van der Waals surface area contributed by atoms with Crippen molar-refractivity contribution in [2.75, 3.05) is 33.8 Å². The molecule has 2 aromatic carbocycles. The Morgan fingerprint density at radius 1 is 0.943 bits per heavy atom. The van der Waals surface area contributed by atoms with Crippen LogP contribution in [0.3, 0.4) is 0 Å². The number of nitrogens with one attached hydrogen (secondary N) is 1. The molecule has 0 heterocycles. The number of sulfone groups is 1. The molecule has 0 fully saturated rings. The third-order valence-electron chi connectivity index (χ3n) is 4.80. The van der Waals surface area contributed by atoms with Gasteiger partial charge in [-0.15, -0.1) is 0 Å². The van der Waals surface area contributed by atoms with Crippen LogP contribution in [0.2, 0.25) is 0 Å². The van der Waals surface area contributed by atoms with Gasteiger partial charge in [-0.1, -0.05) is 6.07 Å². The van der Waals surface area contributed by atoms with E-state index in [2.05, 4.69) is 0 Å². The van der Waals surface area contributed by atoms with Crippen LogP contribution in [0.5, 0.6) is 23.0 Å². The summed E-state index contributed by atoms with van der Waals surface area (Å²) in [4.78, 5) is 22.9. The Balaban J connectivity index is 2.35. The number of Topliss-reactive ketones (excluding diaryl/α,β-unsaturated/α-hetero) is 1. The van der Waals surface area contributed by atoms with Crippen molar-refractivity contribution in [2.45, 2.75) is 18.6 Å². The maximum Gasteiger partial charge on any atom is 0.381 e. The molecule has 12 heteroatoms. The molecule has 2 rings (SSSR count). The zero-order chi connectivity index (χ0) is 26.4. The molecule has 0 atom stereocenters. The fourth-order valence-electron chi connectivity index (χ4n) is 2.95. The van der Waals surface area contributed by atoms with Crippen LogP contribution in [0.4, 0.5) is 14.5 Å². The van der Waals surface area contributed by atoms with E-state index in [9.17, 15) is 26.8 Å². The second-order valence-corrected chi connectivity index (χ2v) is 9.06. The lowest BCUT2D eigenvalue weighted by molar-refractivity contribution is -0.153. The van der Waals surface area contributed by atoms with Crippen LogP contribution in [-0.2, 0) is 25.2 Å². The van der Waals surface area contributed by atoms with Crippen molar-refractivity contribution in [3.63, 3.8) is 0 Å². The average Bonchev–Trinajstić information content (AvgIpc) is 2.81. The first-order chi connectivity index (χ1) is 16.4. The van der Waals surface area contributed by atoms with E-state index >= 15 is 0 Å². The predicted molar refractivity (Wildman–Crippen MR) is 125 cm³/mol. The van der Waals surface area contributed by atoms with Crippen LogP contribution in [0.1, 0.15) is 18.1 Å². The van der Waals surface area contributed by atoms with E-state index in [0.717, 1.165) is 5.41 Å². The standard InChI is InChI=1S/C23H25F2NO8S/c1-14(27)23(24,25)22(28)26-18-10-15(6-7-19(18)32-3)13-35(29,30)9-8-17-20(33-4)11-16(31-2)12-21(17)34-5/h6-12H,13H2,1-5H3,(H,26,28). The van der Waals surface area contributed by atoms with Gasteiger partial charge in [-0.3, -0.25) is 9.59 Å². The van der Waals surface area contributed by atoms with Gasteiger partial charge in [0.25, 0.3) is 0 Å². The van der Waals surface area contributed by atoms with E-state index < -0.39 is 33.2 Å². The summed E-state index contributed by atoms with van der Waals surface area (Å²) in [6.45, 7) is 0.582. The zero-order valence-electron chi connectivity index (χ0n) is 19.7. The van der Waals surface area contributed by atoms with Gasteiger partial charge in [0, 0.05) is 24.5 Å². The number of rotatable bonds is 11. The number of amides is 1. The molecular weight excluding hydrogens is 488 g/mol. The Morgan fingerprint density at radius 3 is 2.00 bits per heavy atom. The van der Waals surface area contributed by atoms with Crippen LogP contribution >= 0.6 is 0 Å². The number of anilines is 1. The van der Waals surface area contributed by atoms with Crippen molar-refractivity contribution in [1.82, 2.24) is 0 Å². The number of alkyl halides is 2. The number of carbonyl (C=O) groups excluding carboxylic acids is 2. The van der Waals surface area contributed by atoms with Gasteiger partial charge in [-0.2, -0.15) is 8.78 Å². The minimum absolute atomic E-state index is 0.00194. The fourth-order valence-corrected chi connectivity index (χ4v) is 4.04. The van der Waals surface area contributed by atoms with Crippen molar-refractivity contribution < 1.29 is 45.7 Å². The number of benzene rings is 2. The van der Waals surface area contributed by atoms with Gasteiger partial charge in [0.15, 0.2) is 9.84 Å². The molecule has 0 aliphatic rings. The summed E-state index contributed by atoms with van der Waals surface area (Å²) in [6, 6.07) is 7.00. The molecule has 0 aromatic heterocycles. The predicted octanol–water partition coefficient (Wildman–Crippen LogP) is 3.47. The molecule has 0 aliphatic carbocycles. The first kappa shape index (κ1) is 27.6. The molecule has 0 radical (unpaired) electrons. The lowest BCUT2D eigenvalue weighted by Crippen LogP contribution is -2.40. The highest BCUT2D eigenvalue weighted by atomic mass is 32.2. The molecular formula is C23H25F2NO8S. The normalized spacial score (nSPS) is 11.7. The van der Waals surface area contributed by atoms with Gasteiger partial charge in [-0.05, 0) is 23.8 Å². The first-order valence-electron chi connectivity index (χ1n) is 9.96. The topological polar surface area (TPSA) is 117 Å². The quantitative estimate of drug-likeness (QED) is 0.454. The SMILES string of the molecule is COc1cc(OC)c(C=CS(=O)(=O)Cc2ccc(OC)c(NC(=O)C(F)(F)C(C)=O)c2)c(OC)c1. The van der Waals surface area contributed by atoms with Gasteiger partial charge in [0.1, 0.15) is 23.0 Å². The van der Waals surface area contributed by atoms with Crippen molar-refractivity contribution >= 4 is 33.3 Å². The van der Waals surface area contributed by atoms with E-state index in [1.165, 1.54) is 52.7 Å². The molecule has 0 aliphatic heterocycles. The van der Waals surface area contributed by atoms with Crippen LogP contribution in [0.15, 0.2) is 35.7 Å². The van der Waals surface area contributed by atoms with Crippen molar-refractivity contribution in [3.8, 4) is 23.0 Å². The summed E-state index contributed by atoms with van der Waals surface area (Å²) >= 11 is 0. The van der Waals surface area contributed by atoms with Crippen LogP contribution < -0.4 is 24.3 Å². The Morgan fingerprint density at radius 2 is 1.51 bits per heavy atom. The molecule has 1 N–H and O–H groups in total. The van der Waals surface area contributed by atoms with Crippen molar-refractivity contribution in [3.05, 3.63) is 46.9 Å². The minimum Gasteiger partial charge on any atom is -0.496 e. The maximum atomic E-state index is 13.7. The Labute approximate surface area is 201 Å². The van der Waals surface area contributed by atoms with Crippen LogP contribution in [0, 0.1) is 0 Å². The van der Waals surface area contributed by atoms with E-state index in [1.54, 1.807) is 12.1 Å². The number of hydrogen-bond donors (Lipinski definition) is 1. The second kappa shape index (κ2) is 11.2. The smallest absolute Gasteiger partial charge is 0.381 e. The largest absolute Gasteiger partial charge is 0.496 e. The molecule has 0 spiro atoms. The second-order valence-electron chi connectivity index (χ2n) is 7.17. The van der Waals surface area contributed by atoms with Crippen LogP contribution in [0.25, 0.3) is 6.08 Å². The highest BCUT2D eigenvalue weighted by molar-refractivity contribution is 7.93. The van der Waals surface area contributed by atoms with Gasteiger partial charge < -0.3 is 24.3 Å². The van der Waals surface area contributed by atoms with Crippen molar-refractivity contribution in [2.24, 2.45) is 0 Å². The molecule has 0 bridgehead atoms. The Hall–Kier alpha value is -3.67. The summed E-state index contributed by atoms with van der Waals surface area (Å²) in [7, 11) is 1.63. The molecule has 35 heavy (non-hydrogen) atoms. The zero-order valence-corrected chi connectivity index (χ0v) is 20.5. The number of ether oxygens (including phenoxy) is 4. The summed E-state index contributed by atoms with van der Waals surface area (Å²) in [5.74, 6) is -7.21. The van der Waals surface area contributed by atoms with Crippen molar-refractivity contribution in [1.29, 1.82) is 0 Å². The highest BCUT2D eigenvalue weighted by Crippen LogP contribution is 2.35. The number of halogens is 2. The lowest BCUT2D eigenvalue weighted by atomic mass is 10.1. The molecule has 190 valence electrons. The summed E-state index contributed by atoms with van der Waals surface area (Å²) in [5.41, 5.74) is 0.313. The molecule has 2 aromatic rings. The highest BCUT2D eigenvalue weighted by Gasteiger charge is 2.44. The van der Waals surface area contributed by atoms with Gasteiger partial charge in [0.05, 0.1) is 45.4 Å². The molecule has 9 nitrogen and oxygen atoms in total. The van der Waals surface area contributed by atoms with E-state index in [4.69, 9.17) is 18.9 Å². The molecule has 0 unspecified atom stereocenters. The minimum atomic E-state index is -4.26. The van der Waals surface area contributed by atoms with E-state index in [0.29, 0.717) is 29.7 Å². The van der Waals surface area contributed by atoms with Gasteiger partial charge in [-0.25, -0.2) is 8.42 Å². The summed E-state index contributed by atoms with van der Waals surface area (Å²) < 4.78 is 73.7. The summed E-state index contributed by atoms with van der Waals surface area (Å²) in [6.07, 6.45) is 1.30. The third-order valence-corrected chi connectivity index (χ3v) is 6.09. The number of hydrogen-bond acceptors (Lipinski definition) is 8. The van der Waals surface area contributed by atoms with Crippen LogP contribution in [-0.4, -0.2) is 54.5 Å². The Bertz CT molecular complexity index is 1220. The number of carbonyl (C=O) groups is 2. The summed E-state index contributed by atoms with van der Waals surface area (Å²) in [5, 5.41) is 2.87. The lowest BCUT2D eigenvalue weighted by Gasteiger charge is -2.16. The number of methoxy groups -OCH3 is 4. The first-order valence-corrected chi connectivity index (χ1v) is 11.7. The monoisotopic (exact) mass is 513 g/mol. The third kappa shape index (κ3) is 6.69. The molecule has 0 saturated carbocycles.